The van der Waals surface area contributed by atoms with Crippen molar-refractivity contribution in [2.24, 2.45) is 7.05 Å². The quantitative estimate of drug-likeness (QED) is 0.932. The Morgan fingerprint density at radius 1 is 1.30 bits per heavy atom. The summed E-state index contributed by atoms with van der Waals surface area (Å²) in [6, 6.07) is 3.66. The van der Waals surface area contributed by atoms with Gasteiger partial charge >= 0.3 is 0 Å². The van der Waals surface area contributed by atoms with Crippen LogP contribution in [0.5, 0.6) is 11.6 Å². The fraction of sp³-hybridized carbons (Fsp3) is 0.467. The number of hydrogen-bond acceptors (Lipinski definition) is 4. The highest BCUT2D eigenvalue weighted by Crippen LogP contribution is 2.28. The number of aryl methyl sites for hydroxylation is 2. The van der Waals surface area contributed by atoms with Crippen LogP contribution >= 0.6 is 0 Å². The molecule has 0 radical (unpaired) electrons. The Bertz CT molecular complexity index is 618. The average molecular weight is 275 g/mol. The van der Waals surface area contributed by atoms with E-state index in [2.05, 4.69) is 23.9 Å². The smallest absolute Gasteiger partial charge is 0.220 e. The minimum atomic E-state index is -0.0242. The van der Waals surface area contributed by atoms with Crippen LogP contribution in [0.15, 0.2) is 12.1 Å². The van der Waals surface area contributed by atoms with Crippen LogP contribution in [0.3, 0.4) is 0 Å². The molecule has 0 atom stereocenters. The summed E-state index contributed by atoms with van der Waals surface area (Å²) in [6.45, 7) is 7.96. The topological polar surface area (TPSA) is 60.2 Å². The Kier molecular flexibility index (Phi) is 4.09. The average Bonchev–Trinajstić information content (AvgIpc) is 2.65. The largest absolute Gasteiger partial charge is 0.435 e. The Morgan fingerprint density at radius 3 is 2.50 bits per heavy atom. The third kappa shape index (κ3) is 2.82. The van der Waals surface area contributed by atoms with E-state index in [9.17, 15) is 5.11 Å². The molecule has 5 nitrogen and oxygen atoms in total. The van der Waals surface area contributed by atoms with Gasteiger partial charge < -0.3 is 9.84 Å². The predicted octanol–water partition coefficient (Wildman–Crippen LogP) is 2.84. The van der Waals surface area contributed by atoms with Gasteiger partial charge in [-0.15, -0.1) is 0 Å². The first kappa shape index (κ1) is 14.5. The van der Waals surface area contributed by atoms with Gasteiger partial charge in [0.15, 0.2) is 5.75 Å². The monoisotopic (exact) mass is 275 g/mol. The standard InChI is InChI=1S/C15H21N3O2/c1-9(2)13-6-12(8-19)7-14(16-13)20-15-10(3)17-18(5)11(15)4/h6-7,9,19H,8H2,1-5H3. The number of aromatic nitrogens is 3. The molecule has 0 aliphatic rings. The zero-order chi connectivity index (χ0) is 14.9. The lowest BCUT2D eigenvalue weighted by Crippen LogP contribution is -1.99. The van der Waals surface area contributed by atoms with Crippen LogP contribution in [0, 0.1) is 13.8 Å². The molecule has 2 aromatic heterocycles. The van der Waals surface area contributed by atoms with Crippen molar-refractivity contribution >= 4 is 0 Å². The summed E-state index contributed by atoms with van der Waals surface area (Å²) in [5.41, 5.74) is 3.49. The lowest BCUT2D eigenvalue weighted by atomic mass is 10.1. The minimum absolute atomic E-state index is 0.0242. The van der Waals surface area contributed by atoms with Crippen molar-refractivity contribution in [2.45, 2.75) is 40.2 Å². The van der Waals surface area contributed by atoms with Gasteiger partial charge in [-0.05, 0) is 31.4 Å². The zero-order valence-electron chi connectivity index (χ0n) is 12.6. The first-order valence-corrected chi connectivity index (χ1v) is 6.72. The molecular formula is C15H21N3O2. The normalized spacial score (nSPS) is 11.2. The molecule has 0 fully saturated rings. The van der Waals surface area contributed by atoms with E-state index in [1.54, 1.807) is 10.7 Å². The SMILES string of the molecule is Cc1nn(C)c(C)c1Oc1cc(CO)cc(C(C)C)n1. The molecule has 0 saturated carbocycles. The minimum Gasteiger partial charge on any atom is -0.435 e. The van der Waals surface area contributed by atoms with Crippen molar-refractivity contribution in [3.8, 4) is 11.6 Å². The van der Waals surface area contributed by atoms with E-state index in [-0.39, 0.29) is 12.5 Å². The number of pyridine rings is 1. The second-order valence-electron chi connectivity index (χ2n) is 5.28. The van der Waals surface area contributed by atoms with Crippen LogP contribution in [0.1, 0.15) is 42.4 Å². The molecule has 2 aromatic rings. The van der Waals surface area contributed by atoms with Gasteiger partial charge in [0.1, 0.15) is 5.69 Å². The number of nitrogens with zero attached hydrogens (tertiary/aromatic N) is 3. The molecule has 0 saturated heterocycles. The van der Waals surface area contributed by atoms with Crippen molar-refractivity contribution in [1.82, 2.24) is 14.8 Å². The molecule has 20 heavy (non-hydrogen) atoms. The Hall–Kier alpha value is -1.88. The lowest BCUT2D eigenvalue weighted by molar-refractivity contribution is 0.280. The second kappa shape index (κ2) is 5.63. The van der Waals surface area contributed by atoms with Crippen molar-refractivity contribution < 1.29 is 9.84 Å². The highest BCUT2D eigenvalue weighted by molar-refractivity contribution is 5.36. The van der Waals surface area contributed by atoms with Gasteiger partial charge in [-0.25, -0.2) is 4.98 Å². The van der Waals surface area contributed by atoms with Gasteiger partial charge in [0, 0.05) is 18.8 Å². The second-order valence-corrected chi connectivity index (χ2v) is 5.28. The predicted molar refractivity (Wildman–Crippen MR) is 77.0 cm³/mol. The van der Waals surface area contributed by atoms with Crippen LogP contribution in [0.25, 0.3) is 0 Å². The van der Waals surface area contributed by atoms with Gasteiger partial charge in [0.2, 0.25) is 5.88 Å². The summed E-state index contributed by atoms with van der Waals surface area (Å²) in [5.74, 6) is 1.50. The molecule has 2 heterocycles. The van der Waals surface area contributed by atoms with Crippen LogP contribution in [-0.4, -0.2) is 19.9 Å². The number of hydrogen-bond donors (Lipinski definition) is 1. The summed E-state index contributed by atoms with van der Waals surface area (Å²) in [6.07, 6.45) is 0. The van der Waals surface area contributed by atoms with E-state index in [1.807, 2.05) is 27.0 Å². The Morgan fingerprint density at radius 2 is 2.00 bits per heavy atom. The Labute approximate surface area is 119 Å². The maximum absolute atomic E-state index is 9.35. The zero-order valence-corrected chi connectivity index (χ0v) is 12.6. The van der Waals surface area contributed by atoms with Crippen LogP contribution in [-0.2, 0) is 13.7 Å². The van der Waals surface area contributed by atoms with Crippen LogP contribution in [0.4, 0.5) is 0 Å². The molecule has 108 valence electrons. The van der Waals surface area contributed by atoms with E-state index in [0.717, 1.165) is 28.4 Å². The van der Waals surface area contributed by atoms with Crippen molar-refractivity contribution in [3.05, 3.63) is 34.8 Å². The van der Waals surface area contributed by atoms with Crippen LogP contribution in [0.2, 0.25) is 0 Å². The van der Waals surface area contributed by atoms with Gasteiger partial charge in [0.05, 0.1) is 12.3 Å². The van der Waals surface area contributed by atoms with E-state index in [0.29, 0.717) is 5.88 Å². The molecule has 1 N–H and O–H groups in total. The molecule has 2 rings (SSSR count). The maximum atomic E-state index is 9.35. The molecule has 0 unspecified atom stereocenters. The first-order chi connectivity index (χ1) is 9.42. The van der Waals surface area contributed by atoms with Gasteiger partial charge in [-0.2, -0.15) is 5.10 Å². The lowest BCUT2D eigenvalue weighted by Gasteiger charge is -2.11. The number of aliphatic hydroxyl groups excluding tert-OH is 1. The highest BCUT2D eigenvalue weighted by atomic mass is 16.5. The van der Waals surface area contributed by atoms with E-state index < -0.39 is 0 Å². The van der Waals surface area contributed by atoms with Gasteiger partial charge in [-0.3, -0.25) is 4.68 Å². The molecule has 0 aliphatic heterocycles. The van der Waals surface area contributed by atoms with E-state index in [4.69, 9.17) is 4.74 Å². The van der Waals surface area contributed by atoms with Gasteiger partial charge in [-0.1, -0.05) is 13.8 Å². The fourth-order valence-electron chi connectivity index (χ4n) is 2.03. The number of ether oxygens (including phenoxy) is 1. The van der Waals surface area contributed by atoms with Crippen molar-refractivity contribution in [2.75, 3.05) is 0 Å². The van der Waals surface area contributed by atoms with E-state index in [1.165, 1.54) is 0 Å². The maximum Gasteiger partial charge on any atom is 0.220 e. The van der Waals surface area contributed by atoms with Crippen molar-refractivity contribution in [1.29, 1.82) is 0 Å². The number of aliphatic hydroxyl groups is 1. The summed E-state index contributed by atoms with van der Waals surface area (Å²) < 4.78 is 7.67. The summed E-state index contributed by atoms with van der Waals surface area (Å²) in [4.78, 5) is 4.50. The fourth-order valence-corrected chi connectivity index (χ4v) is 2.03. The number of rotatable bonds is 4. The summed E-state index contributed by atoms with van der Waals surface area (Å²) in [5, 5.41) is 13.7. The summed E-state index contributed by atoms with van der Waals surface area (Å²) >= 11 is 0. The van der Waals surface area contributed by atoms with Crippen molar-refractivity contribution in [3.63, 3.8) is 0 Å². The molecule has 5 heteroatoms. The molecule has 0 amide bonds. The molecule has 0 bridgehead atoms. The third-order valence-corrected chi connectivity index (χ3v) is 3.30. The van der Waals surface area contributed by atoms with Crippen LogP contribution < -0.4 is 4.74 Å². The third-order valence-electron chi connectivity index (χ3n) is 3.30. The molecule has 0 spiro atoms. The van der Waals surface area contributed by atoms with Gasteiger partial charge in [0.25, 0.3) is 0 Å². The highest BCUT2D eigenvalue weighted by Gasteiger charge is 2.14. The summed E-state index contributed by atoms with van der Waals surface area (Å²) in [7, 11) is 1.88. The molecular weight excluding hydrogens is 254 g/mol. The Balaban J connectivity index is 2.40. The van der Waals surface area contributed by atoms with E-state index >= 15 is 0 Å². The molecule has 0 aromatic carbocycles. The first-order valence-electron chi connectivity index (χ1n) is 6.72. The molecule has 0 aliphatic carbocycles.